The number of carbonyl (C=O) groups is 1. The molecule has 0 aliphatic carbocycles. The number of halogens is 1. The topological polar surface area (TPSA) is 58.6 Å². The Labute approximate surface area is 115 Å². The minimum Gasteiger partial charge on any atom is -0.457 e. The van der Waals surface area contributed by atoms with Crippen molar-refractivity contribution in [2.24, 2.45) is 0 Å². The number of ether oxygens (including phenoxy) is 1. The number of hydrogen-bond acceptors (Lipinski definition) is 3. The molecule has 102 valence electrons. The molecule has 0 atom stereocenters. The molecule has 0 aliphatic heterocycles. The Hall–Kier alpha value is -2.66. The third-order valence-electron chi connectivity index (χ3n) is 2.47. The van der Waals surface area contributed by atoms with E-state index in [-0.39, 0.29) is 0 Å². The first-order chi connectivity index (χ1) is 9.69. The smallest absolute Gasteiger partial charge is 0.267 e. The summed E-state index contributed by atoms with van der Waals surface area (Å²) in [5.74, 6) is -0.210. The molecule has 4 nitrogen and oxygen atoms in total. The Morgan fingerprint density at radius 3 is 2.75 bits per heavy atom. The van der Waals surface area contributed by atoms with Crippen LogP contribution in [0.1, 0.15) is 5.56 Å². The van der Waals surface area contributed by atoms with E-state index in [1.54, 1.807) is 36.4 Å². The Bertz CT molecular complexity index is 641. The SMILES string of the molecule is O=C(C=Cc1ccccc1Oc1cccc(F)c1)NO. The van der Waals surface area contributed by atoms with E-state index in [0.29, 0.717) is 17.1 Å². The van der Waals surface area contributed by atoms with E-state index >= 15 is 0 Å². The number of rotatable bonds is 4. The lowest BCUT2D eigenvalue weighted by Crippen LogP contribution is -2.14. The minimum atomic E-state index is -0.648. The van der Waals surface area contributed by atoms with E-state index < -0.39 is 11.7 Å². The molecule has 2 aromatic carbocycles. The summed E-state index contributed by atoms with van der Waals surface area (Å²) < 4.78 is 18.7. The van der Waals surface area contributed by atoms with E-state index in [1.807, 2.05) is 0 Å². The zero-order chi connectivity index (χ0) is 14.4. The van der Waals surface area contributed by atoms with E-state index in [4.69, 9.17) is 9.94 Å². The normalized spacial score (nSPS) is 10.5. The highest BCUT2D eigenvalue weighted by Crippen LogP contribution is 2.26. The second kappa shape index (κ2) is 6.49. The molecular formula is C15H12FNO3. The van der Waals surface area contributed by atoms with Crippen LogP contribution >= 0.6 is 0 Å². The summed E-state index contributed by atoms with van der Waals surface area (Å²) >= 11 is 0. The largest absolute Gasteiger partial charge is 0.457 e. The molecule has 5 heteroatoms. The van der Waals surface area contributed by atoms with Gasteiger partial charge in [0.1, 0.15) is 17.3 Å². The van der Waals surface area contributed by atoms with Crippen LogP contribution in [0, 0.1) is 5.82 Å². The Kier molecular flexibility index (Phi) is 4.47. The molecule has 0 bridgehead atoms. The molecule has 0 saturated heterocycles. The van der Waals surface area contributed by atoms with Crippen LogP contribution < -0.4 is 10.2 Å². The van der Waals surface area contributed by atoms with Gasteiger partial charge in [0.2, 0.25) is 0 Å². The van der Waals surface area contributed by atoms with Gasteiger partial charge in [-0.1, -0.05) is 24.3 Å². The van der Waals surface area contributed by atoms with Gasteiger partial charge >= 0.3 is 0 Å². The number of hydroxylamine groups is 1. The maximum Gasteiger partial charge on any atom is 0.267 e. The first-order valence-corrected chi connectivity index (χ1v) is 5.83. The van der Waals surface area contributed by atoms with Crippen molar-refractivity contribution in [3.63, 3.8) is 0 Å². The van der Waals surface area contributed by atoms with Gasteiger partial charge in [0.25, 0.3) is 5.91 Å². The second-order valence-electron chi connectivity index (χ2n) is 3.91. The van der Waals surface area contributed by atoms with Crippen LogP contribution in [-0.2, 0) is 4.79 Å². The van der Waals surface area contributed by atoms with Gasteiger partial charge in [0.15, 0.2) is 0 Å². The molecule has 0 spiro atoms. The summed E-state index contributed by atoms with van der Waals surface area (Å²) in [6.07, 6.45) is 2.65. The van der Waals surface area contributed by atoms with Crippen LogP contribution in [0.25, 0.3) is 6.08 Å². The molecule has 0 aliphatic rings. The van der Waals surface area contributed by atoms with Gasteiger partial charge in [0, 0.05) is 17.7 Å². The highest BCUT2D eigenvalue weighted by molar-refractivity contribution is 5.91. The minimum absolute atomic E-state index is 0.359. The third-order valence-corrected chi connectivity index (χ3v) is 2.47. The van der Waals surface area contributed by atoms with Crippen LogP contribution in [0.5, 0.6) is 11.5 Å². The molecule has 0 unspecified atom stereocenters. The Morgan fingerprint density at radius 1 is 1.20 bits per heavy atom. The molecule has 0 saturated carbocycles. The average molecular weight is 273 g/mol. The standard InChI is InChI=1S/C15H12FNO3/c16-12-5-3-6-13(10-12)20-14-7-2-1-4-11(14)8-9-15(18)17-19/h1-10,19H,(H,17,18). The van der Waals surface area contributed by atoms with Crippen LogP contribution in [0.15, 0.2) is 54.6 Å². The van der Waals surface area contributed by atoms with E-state index in [0.717, 1.165) is 6.08 Å². The molecule has 20 heavy (non-hydrogen) atoms. The van der Waals surface area contributed by atoms with E-state index in [2.05, 4.69) is 0 Å². The van der Waals surface area contributed by atoms with Gasteiger partial charge in [-0.2, -0.15) is 0 Å². The van der Waals surface area contributed by atoms with Crippen molar-refractivity contribution in [2.75, 3.05) is 0 Å². The van der Waals surface area contributed by atoms with Gasteiger partial charge in [-0.25, -0.2) is 9.87 Å². The fourth-order valence-corrected chi connectivity index (χ4v) is 1.57. The monoisotopic (exact) mass is 273 g/mol. The van der Waals surface area contributed by atoms with Crippen molar-refractivity contribution >= 4 is 12.0 Å². The predicted octanol–water partition coefficient (Wildman–Crippen LogP) is 3.14. The van der Waals surface area contributed by atoms with Crippen molar-refractivity contribution in [3.8, 4) is 11.5 Å². The van der Waals surface area contributed by atoms with Crippen molar-refractivity contribution in [1.29, 1.82) is 0 Å². The average Bonchev–Trinajstić information content (AvgIpc) is 2.46. The Morgan fingerprint density at radius 2 is 2.00 bits per heavy atom. The number of carbonyl (C=O) groups excluding carboxylic acids is 1. The van der Waals surface area contributed by atoms with Crippen LogP contribution in [0.2, 0.25) is 0 Å². The molecule has 1 amide bonds. The maximum atomic E-state index is 13.1. The highest BCUT2D eigenvalue weighted by atomic mass is 19.1. The van der Waals surface area contributed by atoms with Gasteiger partial charge < -0.3 is 4.74 Å². The van der Waals surface area contributed by atoms with Crippen molar-refractivity contribution in [3.05, 3.63) is 66.0 Å². The van der Waals surface area contributed by atoms with Gasteiger partial charge in [-0.15, -0.1) is 0 Å². The quantitative estimate of drug-likeness (QED) is 0.511. The van der Waals surface area contributed by atoms with Gasteiger partial charge in [-0.3, -0.25) is 10.0 Å². The lowest BCUT2D eigenvalue weighted by Gasteiger charge is -2.08. The summed E-state index contributed by atoms with van der Waals surface area (Å²) in [7, 11) is 0. The Balaban J connectivity index is 2.24. The molecule has 0 fully saturated rings. The second-order valence-corrected chi connectivity index (χ2v) is 3.91. The predicted molar refractivity (Wildman–Crippen MR) is 71.9 cm³/mol. The van der Waals surface area contributed by atoms with Crippen molar-refractivity contribution in [1.82, 2.24) is 5.48 Å². The first-order valence-electron chi connectivity index (χ1n) is 5.83. The summed E-state index contributed by atoms with van der Waals surface area (Å²) in [6, 6.07) is 12.7. The zero-order valence-electron chi connectivity index (χ0n) is 10.4. The van der Waals surface area contributed by atoms with E-state index in [1.165, 1.54) is 23.7 Å². The van der Waals surface area contributed by atoms with E-state index in [9.17, 15) is 9.18 Å². The number of nitrogens with one attached hydrogen (secondary N) is 1. The molecule has 2 aromatic rings. The summed E-state index contributed by atoms with van der Waals surface area (Å²) in [5, 5.41) is 8.42. The molecule has 0 heterocycles. The number of amides is 1. The fourth-order valence-electron chi connectivity index (χ4n) is 1.57. The third kappa shape index (κ3) is 3.66. The van der Waals surface area contributed by atoms with Gasteiger partial charge in [0.05, 0.1) is 0 Å². The number of benzene rings is 2. The lowest BCUT2D eigenvalue weighted by atomic mass is 10.2. The fraction of sp³-hybridized carbons (Fsp3) is 0. The first kappa shape index (κ1) is 13.8. The number of hydrogen-bond donors (Lipinski definition) is 2. The molecule has 0 radical (unpaired) electrons. The van der Waals surface area contributed by atoms with Crippen LogP contribution in [0.4, 0.5) is 4.39 Å². The summed E-state index contributed by atoms with van der Waals surface area (Å²) in [4.78, 5) is 11.0. The van der Waals surface area contributed by atoms with Crippen LogP contribution in [0.3, 0.4) is 0 Å². The lowest BCUT2D eigenvalue weighted by molar-refractivity contribution is -0.124. The molecule has 2 rings (SSSR count). The van der Waals surface area contributed by atoms with Crippen molar-refractivity contribution in [2.45, 2.75) is 0 Å². The summed E-state index contributed by atoms with van der Waals surface area (Å²) in [5.41, 5.74) is 2.12. The molecule has 0 aromatic heterocycles. The van der Waals surface area contributed by atoms with Crippen LogP contribution in [-0.4, -0.2) is 11.1 Å². The molecular weight excluding hydrogens is 261 g/mol. The maximum absolute atomic E-state index is 13.1. The summed E-state index contributed by atoms with van der Waals surface area (Å²) in [6.45, 7) is 0. The number of para-hydroxylation sites is 1. The zero-order valence-corrected chi connectivity index (χ0v) is 10.4. The van der Waals surface area contributed by atoms with Crippen molar-refractivity contribution < 1.29 is 19.1 Å². The van der Waals surface area contributed by atoms with Gasteiger partial charge in [-0.05, 0) is 24.3 Å². The molecule has 2 N–H and O–H groups in total. The highest BCUT2D eigenvalue weighted by Gasteiger charge is 2.03.